The monoisotopic (exact) mass is 226 g/mol. The minimum absolute atomic E-state index is 0.531. The van der Waals surface area contributed by atoms with Crippen molar-refractivity contribution in [3.63, 3.8) is 0 Å². The van der Waals surface area contributed by atoms with E-state index in [4.69, 9.17) is 11.0 Å². The Morgan fingerprint density at radius 2 is 1.75 bits per heavy atom. The molecule has 0 aliphatic carbocycles. The molecular formula is C13H10N2S. The van der Waals surface area contributed by atoms with Crippen LogP contribution in [0.2, 0.25) is 0 Å². The summed E-state index contributed by atoms with van der Waals surface area (Å²) in [5.41, 5.74) is 6.83. The fourth-order valence-electron chi connectivity index (χ4n) is 1.37. The lowest BCUT2D eigenvalue weighted by atomic mass is 10.2. The average Bonchev–Trinajstić information content (AvgIpc) is 2.31. The van der Waals surface area contributed by atoms with Crippen molar-refractivity contribution in [3.05, 3.63) is 54.1 Å². The van der Waals surface area contributed by atoms with Crippen LogP contribution in [-0.4, -0.2) is 0 Å². The Kier molecular flexibility index (Phi) is 3.13. The molecule has 3 heteroatoms. The van der Waals surface area contributed by atoms with Gasteiger partial charge in [-0.15, -0.1) is 0 Å². The SMILES string of the molecule is N#Cc1c(N)cccc1Sc1ccccc1. The maximum atomic E-state index is 9.03. The van der Waals surface area contributed by atoms with Crippen LogP contribution >= 0.6 is 11.8 Å². The highest BCUT2D eigenvalue weighted by atomic mass is 32.2. The van der Waals surface area contributed by atoms with Crippen LogP contribution in [0.15, 0.2) is 58.3 Å². The van der Waals surface area contributed by atoms with Gasteiger partial charge < -0.3 is 5.73 Å². The van der Waals surface area contributed by atoms with Gasteiger partial charge >= 0.3 is 0 Å². The number of benzene rings is 2. The predicted octanol–water partition coefficient (Wildman–Crippen LogP) is 3.29. The number of anilines is 1. The van der Waals surface area contributed by atoms with Gasteiger partial charge in [-0.3, -0.25) is 0 Å². The molecule has 0 saturated carbocycles. The van der Waals surface area contributed by atoms with Crippen molar-refractivity contribution in [2.45, 2.75) is 9.79 Å². The normalized spacial score (nSPS) is 9.69. The summed E-state index contributed by atoms with van der Waals surface area (Å²) in [7, 11) is 0. The number of hydrogen-bond acceptors (Lipinski definition) is 3. The summed E-state index contributed by atoms with van der Waals surface area (Å²) in [4.78, 5) is 2.00. The molecule has 0 unspecified atom stereocenters. The van der Waals surface area contributed by atoms with Crippen LogP contribution in [0.1, 0.15) is 5.56 Å². The van der Waals surface area contributed by atoms with Gasteiger partial charge in [0.2, 0.25) is 0 Å². The fourth-order valence-corrected chi connectivity index (χ4v) is 2.33. The summed E-state index contributed by atoms with van der Waals surface area (Å²) in [6, 6.07) is 17.6. The van der Waals surface area contributed by atoms with Gasteiger partial charge in [-0.2, -0.15) is 5.26 Å². The lowest BCUT2D eigenvalue weighted by Crippen LogP contribution is -1.91. The third-order valence-corrected chi connectivity index (χ3v) is 3.21. The molecule has 0 fully saturated rings. The quantitative estimate of drug-likeness (QED) is 0.799. The first-order valence-electron chi connectivity index (χ1n) is 4.83. The fraction of sp³-hybridized carbons (Fsp3) is 0. The number of nitrogen functional groups attached to an aromatic ring is 1. The minimum Gasteiger partial charge on any atom is -0.398 e. The molecule has 2 nitrogen and oxygen atoms in total. The lowest BCUT2D eigenvalue weighted by molar-refractivity contribution is 1.35. The predicted molar refractivity (Wildman–Crippen MR) is 66.1 cm³/mol. The van der Waals surface area contributed by atoms with Crippen LogP contribution in [0, 0.1) is 11.3 Å². The molecule has 0 radical (unpaired) electrons. The first-order chi connectivity index (χ1) is 7.81. The van der Waals surface area contributed by atoms with Crippen molar-refractivity contribution < 1.29 is 0 Å². The summed E-state index contributed by atoms with van der Waals surface area (Å²) in [6.07, 6.45) is 0. The zero-order valence-corrected chi connectivity index (χ0v) is 9.37. The third-order valence-electron chi connectivity index (χ3n) is 2.14. The minimum atomic E-state index is 0.531. The Morgan fingerprint density at radius 1 is 1.00 bits per heavy atom. The van der Waals surface area contributed by atoms with Crippen molar-refractivity contribution in [1.82, 2.24) is 0 Å². The van der Waals surface area contributed by atoms with E-state index in [1.165, 1.54) is 0 Å². The molecule has 0 atom stereocenters. The van der Waals surface area contributed by atoms with E-state index in [1.54, 1.807) is 17.8 Å². The van der Waals surface area contributed by atoms with E-state index in [1.807, 2.05) is 42.5 Å². The van der Waals surface area contributed by atoms with Crippen LogP contribution in [-0.2, 0) is 0 Å². The molecule has 2 rings (SSSR count). The zero-order valence-electron chi connectivity index (χ0n) is 8.55. The van der Waals surface area contributed by atoms with E-state index in [-0.39, 0.29) is 0 Å². The van der Waals surface area contributed by atoms with Crippen LogP contribution < -0.4 is 5.73 Å². The van der Waals surface area contributed by atoms with Crippen molar-refractivity contribution in [2.24, 2.45) is 0 Å². The van der Waals surface area contributed by atoms with E-state index in [2.05, 4.69) is 6.07 Å². The first kappa shape index (κ1) is 10.6. The van der Waals surface area contributed by atoms with Crippen LogP contribution in [0.5, 0.6) is 0 Å². The topological polar surface area (TPSA) is 49.8 Å². The molecule has 0 saturated heterocycles. The van der Waals surface area contributed by atoms with Crippen molar-refractivity contribution >= 4 is 17.4 Å². The third kappa shape index (κ3) is 2.18. The molecule has 2 aromatic rings. The average molecular weight is 226 g/mol. The maximum absolute atomic E-state index is 9.03. The van der Waals surface area contributed by atoms with Crippen LogP contribution in [0.25, 0.3) is 0 Å². The molecule has 0 aromatic heterocycles. The van der Waals surface area contributed by atoms with Crippen molar-refractivity contribution in [3.8, 4) is 6.07 Å². The number of hydrogen-bond donors (Lipinski definition) is 1. The summed E-state index contributed by atoms with van der Waals surface area (Å²) in [5, 5.41) is 9.03. The molecule has 16 heavy (non-hydrogen) atoms. The Labute approximate surface area is 98.7 Å². The van der Waals surface area contributed by atoms with Gasteiger partial charge in [0.25, 0.3) is 0 Å². The Balaban J connectivity index is 2.36. The Hall–Kier alpha value is -1.92. The van der Waals surface area contributed by atoms with Gasteiger partial charge in [0.15, 0.2) is 0 Å². The number of nitrogens with two attached hydrogens (primary N) is 1. The summed E-state index contributed by atoms with van der Waals surface area (Å²) in [6.45, 7) is 0. The van der Waals surface area contributed by atoms with E-state index in [0.29, 0.717) is 11.3 Å². The molecule has 0 aliphatic rings. The summed E-state index contributed by atoms with van der Waals surface area (Å²) >= 11 is 1.55. The van der Waals surface area contributed by atoms with E-state index in [9.17, 15) is 0 Å². The zero-order chi connectivity index (χ0) is 11.4. The molecule has 2 N–H and O–H groups in total. The van der Waals surface area contributed by atoms with E-state index in [0.717, 1.165) is 9.79 Å². The van der Waals surface area contributed by atoms with Crippen molar-refractivity contribution in [2.75, 3.05) is 5.73 Å². The molecule has 0 spiro atoms. The van der Waals surface area contributed by atoms with Crippen molar-refractivity contribution in [1.29, 1.82) is 5.26 Å². The van der Waals surface area contributed by atoms with E-state index >= 15 is 0 Å². The van der Waals surface area contributed by atoms with Crippen LogP contribution in [0.4, 0.5) is 5.69 Å². The van der Waals surface area contributed by atoms with Crippen LogP contribution in [0.3, 0.4) is 0 Å². The van der Waals surface area contributed by atoms with Gasteiger partial charge in [-0.1, -0.05) is 36.0 Å². The first-order valence-corrected chi connectivity index (χ1v) is 5.64. The molecule has 78 valence electrons. The molecular weight excluding hydrogens is 216 g/mol. The summed E-state index contributed by atoms with van der Waals surface area (Å²) < 4.78 is 0. The molecule has 0 bridgehead atoms. The van der Waals surface area contributed by atoms with Gasteiger partial charge in [0, 0.05) is 9.79 Å². The molecule has 0 heterocycles. The number of nitrogens with zero attached hydrogens (tertiary/aromatic N) is 1. The van der Waals surface area contributed by atoms with Gasteiger partial charge in [-0.25, -0.2) is 0 Å². The van der Waals surface area contributed by atoms with Gasteiger partial charge in [-0.05, 0) is 24.3 Å². The largest absolute Gasteiger partial charge is 0.398 e. The second-order valence-corrected chi connectivity index (χ2v) is 4.36. The van der Waals surface area contributed by atoms with Gasteiger partial charge in [0.05, 0.1) is 11.3 Å². The highest BCUT2D eigenvalue weighted by molar-refractivity contribution is 7.99. The maximum Gasteiger partial charge on any atom is 0.102 e. The Morgan fingerprint density at radius 3 is 2.44 bits per heavy atom. The molecule has 0 aliphatic heterocycles. The van der Waals surface area contributed by atoms with Gasteiger partial charge in [0.1, 0.15) is 6.07 Å². The highest BCUT2D eigenvalue weighted by Crippen LogP contribution is 2.32. The highest BCUT2D eigenvalue weighted by Gasteiger charge is 2.06. The Bertz CT molecular complexity index is 529. The second kappa shape index (κ2) is 4.73. The molecule has 2 aromatic carbocycles. The van der Waals surface area contributed by atoms with E-state index < -0.39 is 0 Å². The summed E-state index contributed by atoms with van der Waals surface area (Å²) in [5.74, 6) is 0. The number of rotatable bonds is 2. The molecule has 0 amide bonds. The second-order valence-electron chi connectivity index (χ2n) is 3.25. The standard InChI is InChI=1S/C13H10N2S/c14-9-11-12(15)7-4-8-13(11)16-10-5-2-1-3-6-10/h1-8H,15H2. The lowest BCUT2D eigenvalue weighted by Gasteiger charge is -2.05. The number of nitriles is 1. The smallest absolute Gasteiger partial charge is 0.102 e.